The fourth-order valence-electron chi connectivity index (χ4n) is 2.68. The molecule has 0 unspecified atom stereocenters. The maximum absolute atomic E-state index is 5.92. The van der Waals surface area contributed by atoms with Crippen molar-refractivity contribution in [1.29, 1.82) is 0 Å². The number of benzene rings is 3. The highest BCUT2D eigenvalue weighted by atomic mass is 32.2. The summed E-state index contributed by atoms with van der Waals surface area (Å²) in [4.78, 5) is 0. The van der Waals surface area contributed by atoms with E-state index in [0.29, 0.717) is 23.3 Å². The molecule has 3 rings (SSSR count). The van der Waals surface area contributed by atoms with Gasteiger partial charge in [-0.1, -0.05) is 78.5 Å². The smallest absolute Gasteiger partial charge is 0.180 e. The van der Waals surface area contributed by atoms with Crippen molar-refractivity contribution >= 4 is 29.2 Å². The molecule has 158 valence electrons. The van der Waals surface area contributed by atoms with E-state index in [1.807, 2.05) is 78.9 Å². The molecular weight excluding hydrogens is 406 g/mol. The molecule has 0 bridgehead atoms. The Morgan fingerprint density at radius 1 is 0.935 bits per heavy atom. The van der Waals surface area contributed by atoms with Gasteiger partial charge < -0.3 is 15.2 Å². The van der Waals surface area contributed by atoms with Crippen molar-refractivity contribution in [3.05, 3.63) is 102 Å². The Bertz CT molecular complexity index is 1040. The van der Waals surface area contributed by atoms with Crippen LogP contribution >= 0.6 is 11.8 Å². The first-order valence-corrected chi connectivity index (χ1v) is 10.8. The second-order valence-electron chi connectivity index (χ2n) is 6.49. The van der Waals surface area contributed by atoms with E-state index >= 15 is 0 Å². The Labute approximate surface area is 187 Å². The molecule has 0 atom stereocenters. The summed E-state index contributed by atoms with van der Waals surface area (Å²) in [5, 5.41) is 8.54. The third-order valence-electron chi connectivity index (χ3n) is 4.23. The predicted octanol–water partition coefficient (Wildman–Crippen LogP) is 5.37. The molecule has 5 nitrogen and oxygen atoms in total. The molecule has 0 spiro atoms. The second-order valence-corrected chi connectivity index (χ2v) is 7.49. The van der Waals surface area contributed by atoms with Gasteiger partial charge in [-0.25, -0.2) is 0 Å². The first kappa shape index (κ1) is 22.2. The predicted molar refractivity (Wildman–Crippen MR) is 131 cm³/mol. The lowest BCUT2D eigenvalue weighted by molar-refractivity contribution is 0.326. The fraction of sp³-hybridized carbons (Fsp3) is 0.120. The van der Waals surface area contributed by atoms with E-state index in [2.05, 4.69) is 22.3 Å². The summed E-state index contributed by atoms with van der Waals surface area (Å²) in [5.41, 5.74) is 9.08. The zero-order chi connectivity index (χ0) is 21.7. The maximum atomic E-state index is 5.92. The Balaban J connectivity index is 1.53. The molecule has 6 heteroatoms. The first-order chi connectivity index (χ1) is 15.2. The molecule has 2 N–H and O–H groups in total. The van der Waals surface area contributed by atoms with Gasteiger partial charge in [0.15, 0.2) is 16.7 Å². The van der Waals surface area contributed by atoms with E-state index in [0.717, 1.165) is 16.9 Å². The van der Waals surface area contributed by atoms with Crippen LogP contribution < -0.4 is 15.2 Å². The van der Waals surface area contributed by atoms with Gasteiger partial charge in [0.1, 0.15) is 6.61 Å². The van der Waals surface area contributed by atoms with E-state index in [1.54, 1.807) is 13.3 Å². The minimum atomic E-state index is 0.414. The van der Waals surface area contributed by atoms with Crippen LogP contribution in [0.2, 0.25) is 0 Å². The Morgan fingerprint density at radius 2 is 1.68 bits per heavy atom. The Hall–Kier alpha value is -3.51. The summed E-state index contributed by atoms with van der Waals surface area (Å²) >= 11 is 1.45. The quantitative estimate of drug-likeness (QED) is 0.281. The van der Waals surface area contributed by atoms with Gasteiger partial charge in [0, 0.05) is 5.75 Å². The van der Waals surface area contributed by atoms with Crippen LogP contribution in [0.1, 0.15) is 16.7 Å². The van der Waals surface area contributed by atoms with Crippen LogP contribution in [-0.2, 0) is 5.75 Å². The van der Waals surface area contributed by atoms with Crippen molar-refractivity contribution in [1.82, 2.24) is 0 Å². The van der Waals surface area contributed by atoms with Crippen molar-refractivity contribution in [3.8, 4) is 11.5 Å². The van der Waals surface area contributed by atoms with Crippen LogP contribution in [0.5, 0.6) is 11.5 Å². The van der Waals surface area contributed by atoms with Crippen molar-refractivity contribution < 1.29 is 9.47 Å². The van der Waals surface area contributed by atoms with Gasteiger partial charge in [-0.3, -0.25) is 0 Å². The Kier molecular flexibility index (Phi) is 8.76. The summed E-state index contributed by atoms with van der Waals surface area (Å²) in [6.45, 7) is 0.443. The largest absolute Gasteiger partial charge is 0.493 e. The number of nitrogens with zero attached hydrogens (tertiary/aromatic N) is 2. The molecule has 0 aliphatic heterocycles. The number of ether oxygens (including phenoxy) is 2. The zero-order valence-corrected chi connectivity index (χ0v) is 18.2. The van der Waals surface area contributed by atoms with Gasteiger partial charge in [0.05, 0.1) is 13.3 Å². The summed E-state index contributed by atoms with van der Waals surface area (Å²) in [5.74, 6) is 2.05. The van der Waals surface area contributed by atoms with Gasteiger partial charge in [-0.2, -0.15) is 5.10 Å². The van der Waals surface area contributed by atoms with Crippen LogP contribution in [0.3, 0.4) is 0 Å². The van der Waals surface area contributed by atoms with Crippen LogP contribution in [0.15, 0.2) is 95.1 Å². The first-order valence-electron chi connectivity index (χ1n) is 9.80. The molecule has 0 heterocycles. The molecular formula is C25H25N3O2S. The van der Waals surface area contributed by atoms with Crippen molar-refractivity contribution in [2.75, 3.05) is 13.7 Å². The van der Waals surface area contributed by atoms with Crippen molar-refractivity contribution in [2.24, 2.45) is 15.9 Å². The van der Waals surface area contributed by atoms with Crippen molar-refractivity contribution in [3.63, 3.8) is 0 Å². The molecule has 0 radical (unpaired) electrons. The van der Waals surface area contributed by atoms with Crippen LogP contribution in [0.4, 0.5) is 0 Å². The number of hydrogen-bond donors (Lipinski definition) is 1. The number of methoxy groups -OCH3 is 1. The topological polar surface area (TPSA) is 69.2 Å². The molecule has 0 saturated carbocycles. The molecule has 3 aromatic carbocycles. The highest BCUT2D eigenvalue weighted by Crippen LogP contribution is 2.27. The summed E-state index contributed by atoms with van der Waals surface area (Å²) in [7, 11) is 1.61. The van der Waals surface area contributed by atoms with E-state index in [1.165, 1.54) is 17.3 Å². The fourth-order valence-corrected chi connectivity index (χ4v) is 3.29. The lowest BCUT2D eigenvalue weighted by Gasteiger charge is -2.09. The lowest BCUT2D eigenvalue weighted by atomic mass is 10.2. The number of rotatable bonds is 9. The standard InChI is InChI=1S/C25H25N3O2S/c1-29-24-17-22(18-27-28-25(26)31-19-21-11-6-3-7-12-21)14-15-23(24)30-16-8-13-20-9-4-2-5-10-20/h2-15,17-18H,16,19H2,1H3,(H2,26,28). The van der Waals surface area contributed by atoms with Crippen LogP contribution in [0.25, 0.3) is 6.08 Å². The second kappa shape index (κ2) is 12.2. The molecule has 0 aliphatic rings. The average molecular weight is 432 g/mol. The normalized spacial score (nSPS) is 11.8. The van der Waals surface area contributed by atoms with Gasteiger partial charge in [-0.15, -0.1) is 5.10 Å². The molecule has 0 fully saturated rings. The van der Waals surface area contributed by atoms with Gasteiger partial charge in [0.25, 0.3) is 0 Å². The maximum Gasteiger partial charge on any atom is 0.180 e. The van der Waals surface area contributed by atoms with Gasteiger partial charge in [0.2, 0.25) is 0 Å². The van der Waals surface area contributed by atoms with Crippen LogP contribution in [0, 0.1) is 0 Å². The third-order valence-corrected chi connectivity index (χ3v) is 5.08. The van der Waals surface area contributed by atoms with E-state index in [4.69, 9.17) is 15.2 Å². The van der Waals surface area contributed by atoms with E-state index in [9.17, 15) is 0 Å². The number of hydrogen-bond acceptors (Lipinski definition) is 5. The number of amidine groups is 1. The summed E-state index contributed by atoms with van der Waals surface area (Å²) in [6, 6.07) is 25.8. The minimum absolute atomic E-state index is 0.414. The molecule has 0 aromatic heterocycles. The van der Waals surface area contributed by atoms with Crippen molar-refractivity contribution in [2.45, 2.75) is 5.75 Å². The van der Waals surface area contributed by atoms with Gasteiger partial charge in [-0.05, 0) is 41.0 Å². The molecule has 31 heavy (non-hydrogen) atoms. The van der Waals surface area contributed by atoms with Gasteiger partial charge >= 0.3 is 0 Å². The van der Waals surface area contributed by atoms with Crippen LogP contribution in [-0.4, -0.2) is 25.1 Å². The number of thioether (sulfide) groups is 1. The zero-order valence-electron chi connectivity index (χ0n) is 17.3. The Morgan fingerprint density at radius 3 is 2.42 bits per heavy atom. The molecule has 3 aromatic rings. The SMILES string of the molecule is COc1cc(C=NN=C(N)SCc2ccccc2)ccc1OCC=Cc1ccccc1. The van der Waals surface area contributed by atoms with E-state index < -0.39 is 0 Å². The summed E-state index contributed by atoms with van der Waals surface area (Å²) in [6.07, 6.45) is 5.62. The highest BCUT2D eigenvalue weighted by Gasteiger charge is 2.04. The monoisotopic (exact) mass is 431 g/mol. The number of nitrogens with two attached hydrogens (primary N) is 1. The average Bonchev–Trinajstić information content (AvgIpc) is 2.82. The van der Waals surface area contributed by atoms with E-state index in [-0.39, 0.29) is 0 Å². The molecule has 0 amide bonds. The molecule has 0 aliphatic carbocycles. The minimum Gasteiger partial charge on any atom is -0.493 e. The summed E-state index contributed by atoms with van der Waals surface area (Å²) < 4.78 is 11.3. The lowest BCUT2D eigenvalue weighted by Crippen LogP contribution is -2.06. The third kappa shape index (κ3) is 7.68. The highest BCUT2D eigenvalue weighted by molar-refractivity contribution is 8.13. The molecule has 0 saturated heterocycles.